The maximum absolute atomic E-state index is 12.9. The number of fused-ring (bicyclic) bond motifs is 1. The highest BCUT2D eigenvalue weighted by molar-refractivity contribution is 6.01. The van der Waals surface area contributed by atoms with E-state index in [1.165, 1.54) is 0 Å². The van der Waals surface area contributed by atoms with Gasteiger partial charge in [0.25, 0.3) is 0 Å². The molecule has 1 aromatic heterocycles. The van der Waals surface area contributed by atoms with Crippen LogP contribution in [0.15, 0.2) is 18.2 Å². The van der Waals surface area contributed by atoms with Gasteiger partial charge in [-0.2, -0.15) is 0 Å². The lowest BCUT2D eigenvalue weighted by Crippen LogP contribution is -2.52. The second-order valence-corrected chi connectivity index (χ2v) is 9.23. The number of nitrogens with one attached hydrogen (secondary N) is 1. The Kier molecular flexibility index (Phi) is 6.17. The van der Waals surface area contributed by atoms with Crippen molar-refractivity contribution in [1.82, 2.24) is 14.9 Å². The van der Waals surface area contributed by atoms with E-state index in [0.717, 1.165) is 34.5 Å². The van der Waals surface area contributed by atoms with Crippen LogP contribution in [0, 0.1) is 27.7 Å². The van der Waals surface area contributed by atoms with Crippen molar-refractivity contribution in [1.29, 1.82) is 0 Å². The minimum atomic E-state index is -0.483. The highest BCUT2D eigenvalue weighted by atomic mass is 16.5. The molecule has 0 saturated carbocycles. The zero-order valence-corrected chi connectivity index (χ0v) is 19.5. The first kappa shape index (κ1) is 22.2. The first-order valence-corrected chi connectivity index (χ1v) is 11.4. The van der Waals surface area contributed by atoms with Crippen LogP contribution in [-0.2, 0) is 4.79 Å². The van der Waals surface area contributed by atoms with E-state index in [1.807, 2.05) is 50.8 Å². The third kappa shape index (κ3) is 4.76. The van der Waals surface area contributed by atoms with Crippen molar-refractivity contribution in [3.63, 3.8) is 0 Å². The summed E-state index contributed by atoms with van der Waals surface area (Å²) in [5, 5.41) is 3.20. The lowest BCUT2D eigenvalue weighted by Gasteiger charge is -2.44. The van der Waals surface area contributed by atoms with Gasteiger partial charge in [0.1, 0.15) is 11.4 Å². The summed E-state index contributed by atoms with van der Waals surface area (Å²) in [6.07, 6.45) is 2.96. The van der Waals surface area contributed by atoms with Crippen molar-refractivity contribution < 1.29 is 14.3 Å². The zero-order valence-electron chi connectivity index (χ0n) is 19.5. The van der Waals surface area contributed by atoms with Gasteiger partial charge in [-0.05, 0) is 57.4 Å². The van der Waals surface area contributed by atoms with Crippen LogP contribution in [0.1, 0.15) is 65.0 Å². The Balaban J connectivity index is 1.28. The normalized spacial score (nSPS) is 17.1. The van der Waals surface area contributed by atoms with Crippen LogP contribution < -0.4 is 10.1 Å². The molecule has 7 nitrogen and oxygen atoms in total. The minimum Gasteiger partial charge on any atom is -0.486 e. The molecular formula is C25H32N4O3. The second-order valence-electron chi connectivity index (χ2n) is 9.23. The highest BCUT2D eigenvalue weighted by Gasteiger charge is 2.44. The van der Waals surface area contributed by atoms with Crippen molar-refractivity contribution >= 4 is 17.6 Å². The molecule has 7 heteroatoms. The van der Waals surface area contributed by atoms with Gasteiger partial charge in [-0.1, -0.05) is 6.07 Å². The van der Waals surface area contributed by atoms with Gasteiger partial charge in [-0.3, -0.25) is 9.59 Å². The number of aromatic nitrogens is 2. The fraction of sp³-hybridized carbons (Fsp3) is 0.520. The lowest BCUT2D eigenvalue weighted by molar-refractivity contribution is -0.134. The fourth-order valence-electron chi connectivity index (χ4n) is 4.86. The molecule has 1 fully saturated rings. The van der Waals surface area contributed by atoms with E-state index in [2.05, 4.69) is 15.3 Å². The Morgan fingerprint density at radius 2 is 1.78 bits per heavy atom. The number of hydrogen-bond acceptors (Lipinski definition) is 6. The summed E-state index contributed by atoms with van der Waals surface area (Å²) < 4.78 is 6.40. The summed E-state index contributed by atoms with van der Waals surface area (Å²) in [4.78, 5) is 36.2. The topological polar surface area (TPSA) is 84.4 Å². The van der Waals surface area contributed by atoms with Gasteiger partial charge < -0.3 is 15.0 Å². The lowest BCUT2D eigenvalue weighted by atomic mass is 9.81. The number of nitrogens with zero attached hydrogens (tertiary/aromatic N) is 3. The third-order valence-electron chi connectivity index (χ3n) is 6.39. The molecule has 32 heavy (non-hydrogen) atoms. The number of amides is 1. The molecule has 3 heterocycles. The molecule has 0 radical (unpaired) electrons. The molecule has 1 N–H and O–H groups in total. The van der Waals surface area contributed by atoms with Gasteiger partial charge in [0.05, 0.1) is 12.0 Å². The number of carbonyl (C=O) groups excluding carboxylic acids is 2. The van der Waals surface area contributed by atoms with Crippen LogP contribution in [-0.4, -0.2) is 51.8 Å². The molecule has 1 spiro atoms. The molecule has 170 valence electrons. The summed E-state index contributed by atoms with van der Waals surface area (Å²) in [5.41, 5.74) is 4.17. The smallest absolute Gasteiger partial charge is 0.223 e. The first-order valence-electron chi connectivity index (χ1n) is 11.4. The molecule has 1 amide bonds. The van der Waals surface area contributed by atoms with Gasteiger partial charge in [0, 0.05) is 50.3 Å². The van der Waals surface area contributed by atoms with Gasteiger partial charge in [-0.15, -0.1) is 0 Å². The van der Waals surface area contributed by atoms with Gasteiger partial charge in [0.2, 0.25) is 11.9 Å². The number of anilines is 1. The van der Waals surface area contributed by atoms with Crippen molar-refractivity contribution in [2.24, 2.45) is 0 Å². The van der Waals surface area contributed by atoms with Crippen LogP contribution in [0.3, 0.4) is 0 Å². The molecule has 2 aliphatic rings. The summed E-state index contributed by atoms with van der Waals surface area (Å²) in [7, 11) is 0. The molecule has 1 aromatic carbocycles. The Hall–Kier alpha value is -2.96. The van der Waals surface area contributed by atoms with Gasteiger partial charge >= 0.3 is 0 Å². The Labute approximate surface area is 189 Å². The fourth-order valence-corrected chi connectivity index (χ4v) is 4.86. The van der Waals surface area contributed by atoms with Crippen molar-refractivity contribution in [2.75, 3.05) is 25.0 Å². The number of likely N-dealkylation sites (tertiary alicyclic amines) is 1. The van der Waals surface area contributed by atoms with Crippen LogP contribution in [0.2, 0.25) is 0 Å². The maximum Gasteiger partial charge on any atom is 0.223 e. The third-order valence-corrected chi connectivity index (χ3v) is 6.39. The van der Waals surface area contributed by atoms with Crippen molar-refractivity contribution in [2.45, 2.75) is 65.4 Å². The summed E-state index contributed by atoms with van der Waals surface area (Å²) >= 11 is 0. The second kappa shape index (κ2) is 8.88. The van der Waals surface area contributed by atoms with Gasteiger partial charge in [-0.25, -0.2) is 9.97 Å². The van der Waals surface area contributed by atoms with Crippen molar-refractivity contribution in [3.8, 4) is 5.75 Å². The molecule has 1 saturated heterocycles. The number of rotatable bonds is 5. The SMILES string of the molecule is Cc1cc(C)c2c(c1)OC1(CCN(C(=O)CCCNc3nc(C)cc(C)n3)CC1)CC2=O. The average Bonchev–Trinajstić information content (AvgIpc) is 2.70. The number of benzene rings is 1. The summed E-state index contributed by atoms with van der Waals surface area (Å²) in [6, 6.07) is 5.92. The quantitative estimate of drug-likeness (QED) is 0.715. The van der Waals surface area contributed by atoms with E-state index in [0.29, 0.717) is 57.0 Å². The predicted octanol–water partition coefficient (Wildman–Crippen LogP) is 3.93. The van der Waals surface area contributed by atoms with E-state index in [9.17, 15) is 9.59 Å². The Morgan fingerprint density at radius 1 is 1.09 bits per heavy atom. The van der Waals surface area contributed by atoms with E-state index in [-0.39, 0.29) is 11.7 Å². The number of ketones is 1. The molecule has 2 aromatic rings. The minimum absolute atomic E-state index is 0.150. The first-order chi connectivity index (χ1) is 15.2. The van der Waals surface area contributed by atoms with Crippen LogP contribution in [0.25, 0.3) is 0 Å². The number of hydrogen-bond donors (Lipinski definition) is 1. The number of Topliss-reactive ketones (excluding diaryl/α,β-unsaturated/α-hetero) is 1. The Bertz CT molecular complexity index is 1020. The van der Waals surface area contributed by atoms with Crippen LogP contribution in [0.4, 0.5) is 5.95 Å². The van der Waals surface area contributed by atoms with E-state index >= 15 is 0 Å². The highest BCUT2D eigenvalue weighted by Crippen LogP contribution is 2.41. The Morgan fingerprint density at radius 3 is 2.47 bits per heavy atom. The predicted molar refractivity (Wildman–Crippen MR) is 123 cm³/mol. The maximum atomic E-state index is 12.9. The number of ether oxygens (including phenoxy) is 1. The van der Waals surface area contributed by atoms with Crippen molar-refractivity contribution in [3.05, 3.63) is 46.3 Å². The van der Waals surface area contributed by atoms with Crippen LogP contribution >= 0.6 is 0 Å². The summed E-state index contributed by atoms with van der Waals surface area (Å²) in [5.74, 6) is 1.62. The van der Waals surface area contributed by atoms with E-state index in [1.54, 1.807) is 0 Å². The largest absolute Gasteiger partial charge is 0.486 e. The molecule has 4 rings (SSSR count). The summed E-state index contributed by atoms with van der Waals surface area (Å²) in [6.45, 7) is 9.77. The zero-order chi connectivity index (χ0) is 22.9. The monoisotopic (exact) mass is 436 g/mol. The van der Waals surface area contributed by atoms with E-state index in [4.69, 9.17) is 4.74 Å². The van der Waals surface area contributed by atoms with Crippen LogP contribution in [0.5, 0.6) is 5.75 Å². The molecular weight excluding hydrogens is 404 g/mol. The number of carbonyl (C=O) groups is 2. The molecule has 0 aliphatic carbocycles. The molecule has 0 atom stereocenters. The average molecular weight is 437 g/mol. The number of aryl methyl sites for hydroxylation is 4. The van der Waals surface area contributed by atoms with Gasteiger partial charge in [0.15, 0.2) is 5.78 Å². The molecule has 0 unspecified atom stereocenters. The van der Waals surface area contributed by atoms with E-state index < -0.39 is 5.60 Å². The molecule has 0 bridgehead atoms. The molecule has 2 aliphatic heterocycles. The standard InChI is InChI=1S/C25H32N4O3/c1-16-12-17(2)23-20(30)15-25(32-21(23)13-16)7-10-29(11-8-25)22(31)6-5-9-26-24-27-18(3)14-19(4)28-24/h12-14H,5-11,15H2,1-4H3,(H,26,27,28). The number of piperidine rings is 1.